The normalized spacial score (nSPS) is 21.8. The molecule has 0 saturated heterocycles. The number of aliphatic imine (C=N–C) groups is 1. The molecule has 2 aliphatic heterocycles. The van der Waals surface area contributed by atoms with Crippen LogP contribution < -0.4 is 15.7 Å². The van der Waals surface area contributed by atoms with Crippen molar-refractivity contribution in [1.29, 1.82) is 0 Å². The van der Waals surface area contributed by atoms with E-state index in [0.29, 0.717) is 17.1 Å². The molecule has 4 rings (SSSR count). The summed E-state index contributed by atoms with van der Waals surface area (Å²) >= 11 is 0. The molecule has 6 nitrogen and oxygen atoms in total. The zero-order valence-corrected chi connectivity index (χ0v) is 13.5. The molecule has 0 bridgehead atoms. The van der Waals surface area contributed by atoms with E-state index in [1.807, 2.05) is 24.3 Å². The van der Waals surface area contributed by atoms with E-state index in [1.165, 1.54) is 22.9 Å². The number of hydrogen-bond donors (Lipinski definition) is 1. The van der Waals surface area contributed by atoms with Gasteiger partial charge in [-0.1, -0.05) is 22.4 Å². The highest BCUT2D eigenvalue weighted by Gasteiger charge is 2.37. The number of alkyl halides is 3. The topological polar surface area (TPSA) is 62.9 Å². The molecule has 0 saturated carbocycles. The van der Waals surface area contributed by atoms with Gasteiger partial charge in [-0.3, -0.25) is 0 Å². The Bertz CT molecular complexity index is 942. The number of allylic oxidation sites excluding steroid dienone is 4. The number of ether oxygens (including phenoxy) is 1. The van der Waals surface area contributed by atoms with E-state index >= 15 is 0 Å². The van der Waals surface area contributed by atoms with Crippen LogP contribution in [-0.2, 0) is 4.74 Å². The number of para-hydroxylation sites is 2. The number of halogens is 3. The van der Waals surface area contributed by atoms with Gasteiger partial charge in [-0.2, -0.15) is 5.01 Å². The molecular formula is C17H13F3N4O2. The highest BCUT2D eigenvalue weighted by atomic mass is 19.4. The van der Waals surface area contributed by atoms with Gasteiger partial charge < -0.3 is 9.84 Å². The van der Waals surface area contributed by atoms with Gasteiger partial charge in [0.05, 0.1) is 23.5 Å². The Morgan fingerprint density at radius 1 is 1.27 bits per heavy atom. The summed E-state index contributed by atoms with van der Waals surface area (Å²) in [6.07, 6.45) is -0.765. The van der Waals surface area contributed by atoms with Crippen molar-refractivity contribution in [2.24, 2.45) is 4.99 Å². The molecule has 134 valence electrons. The van der Waals surface area contributed by atoms with Crippen LogP contribution >= 0.6 is 0 Å². The molecule has 0 spiro atoms. The van der Waals surface area contributed by atoms with Crippen LogP contribution in [0.1, 0.15) is 13.3 Å². The maximum atomic E-state index is 12.8. The van der Waals surface area contributed by atoms with E-state index in [0.717, 1.165) is 11.4 Å². The number of hydrazine groups is 2. The number of nitrogens with one attached hydrogen (secondary N) is 1. The van der Waals surface area contributed by atoms with Crippen LogP contribution in [0.2, 0.25) is 0 Å². The Morgan fingerprint density at radius 3 is 2.73 bits per heavy atom. The monoisotopic (exact) mass is 362 g/mol. The maximum absolute atomic E-state index is 12.8. The van der Waals surface area contributed by atoms with Crippen molar-refractivity contribution in [2.45, 2.75) is 19.7 Å². The van der Waals surface area contributed by atoms with Gasteiger partial charge >= 0.3 is 6.36 Å². The van der Waals surface area contributed by atoms with Crippen LogP contribution in [0.4, 0.5) is 24.5 Å². The fourth-order valence-corrected chi connectivity index (χ4v) is 2.96. The third-order valence-electron chi connectivity index (χ3n) is 4.06. The summed E-state index contributed by atoms with van der Waals surface area (Å²) in [5.41, 5.74) is 5.86. The smallest absolute Gasteiger partial charge is 0.573 e. The average molecular weight is 362 g/mol. The molecule has 1 aromatic carbocycles. The zero-order chi connectivity index (χ0) is 18.5. The lowest BCUT2D eigenvalue weighted by Crippen LogP contribution is -2.41. The molecule has 0 fully saturated rings. The lowest BCUT2D eigenvalue weighted by Gasteiger charge is -2.23. The van der Waals surface area contributed by atoms with Gasteiger partial charge in [0, 0.05) is 6.08 Å². The minimum absolute atomic E-state index is 0.111. The minimum Gasteiger partial charge on any atom is -0.820 e. The number of hydrazone groups is 1. The summed E-state index contributed by atoms with van der Waals surface area (Å²) < 4.78 is 42.0. The van der Waals surface area contributed by atoms with Crippen LogP contribution in [0, 0.1) is 0 Å². The maximum Gasteiger partial charge on any atom is 0.573 e. The standard InChI is InChI=1S/C17H13F3N4O2/c1-10-15-16(25)23(11-6-8-12(9-7-11)26-17(18,19)20)22-24(15)14-5-3-2-4-13(14)21-10/h2-6,8-9,22H,7H2,1H3. The molecule has 1 aliphatic carbocycles. The number of anilines is 1. The number of nitrogens with zero attached hydrogens (tertiary/aromatic N) is 3. The molecule has 26 heavy (non-hydrogen) atoms. The summed E-state index contributed by atoms with van der Waals surface area (Å²) in [7, 11) is 0. The van der Waals surface area contributed by atoms with E-state index < -0.39 is 6.36 Å². The highest BCUT2D eigenvalue weighted by Crippen LogP contribution is 2.37. The molecule has 9 heteroatoms. The fourth-order valence-electron chi connectivity index (χ4n) is 2.96. The van der Waals surface area contributed by atoms with E-state index in [9.17, 15) is 18.3 Å². The van der Waals surface area contributed by atoms with Gasteiger partial charge in [0.2, 0.25) is 11.6 Å². The Balaban J connectivity index is 1.67. The SMILES string of the molecule is CC1=Nc2ccccc2N2N[N+](=C3C=CC(OC(F)(F)F)=CC3)C([O-])=C12. The van der Waals surface area contributed by atoms with E-state index in [2.05, 4.69) is 15.3 Å². The fraction of sp³-hybridized carbons (Fsp3) is 0.176. The van der Waals surface area contributed by atoms with Gasteiger partial charge in [-0.15, -0.1) is 13.2 Å². The molecule has 1 aromatic rings. The minimum atomic E-state index is -4.75. The van der Waals surface area contributed by atoms with E-state index in [4.69, 9.17) is 0 Å². The number of fused-ring (bicyclic) bond motifs is 3. The van der Waals surface area contributed by atoms with Gasteiger partial charge in [-0.25, -0.2) is 4.99 Å². The molecule has 0 amide bonds. The number of benzene rings is 1. The van der Waals surface area contributed by atoms with Crippen molar-refractivity contribution >= 4 is 22.8 Å². The first kappa shape index (κ1) is 16.2. The zero-order valence-electron chi connectivity index (χ0n) is 13.5. The van der Waals surface area contributed by atoms with Crippen LogP contribution in [0.15, 0.2) is 64.8 Å². The Kier molecular flexibility index (Phi) is 3.53. The van der Waals surface area contributed by atoms with Crippen molar-refractivity contribution in [2.75, 3.05) is 5.01 Å². The molecule has 2 heterocycles. The lowest BCUT2D eigenvalue weighted by atomic mass is 10.1. The molecule has 3 aliphatic rings. The van der Waals surface area contributed by atoms with E-state index in [-0.39, 0.29) is 18.1 Å². The Hall–Kier alpha value is -3.23. The summed E-state index contributed by atoms with van der Waals surface area (Å²) in [4.78, 5) is 4.44. The first-order chi connectivity index (χ1) is 12.3. The van der Waals surface area contributed by atoms with Gasteiger partial charge in [0.1, 0.15) is 11.5 Å². The van der Waals surface area contributed by atoms with Crippen LogP contribution in [0.5, 0.6) is 0 Å². The van der Waals surface area contributed by atoms with Crippen molar-refractivity contribution < 1.29 is 27.7 Å². The summed E-state index contributed by atoms with van der Waals surface area (Å²) in [6.45, 7) is 1.73. The van der Waals surface area contributed by atoms with Crippen molar-refractivity contribution in [1.82, 2.24) is 5.53 Å². The lowest BCUT2D eigenvalue weighted by molar-refractivity contribution is -0.634. The summed E-state index contributed by atoms with van der Waals surface area (Å²) in [5, 5.41) is 14.4. The first-order valence-electron chi connectivity index (χ1n) is 7.76. The highest BCUT2D eigenvalue weighted by molar-refractivity contribution is 6.07. The summed E-state index contributed by atoms with van der Waals surface area (Å²) in [6, 6.07) is 7.34. The first-order valence-corrected chi connectivity index (χ1v) is 7.76. The molecular weight excluding hydrogens is 349 g/mol. The Labute approximate surface area is 146 Å². The van der Waals surface area contributed by atoms with Crippen molar-refractivity contribution in [3.63, 3.8) is 0 Å². The predicted molar refractivity (Wildman–Crippen MR) is 86.1 cm³/mol. The quantitative estimate of drug-likeness (QED) is 0.780. The third kappa shape index (κ3) is 2.71. The molecule has 0 aromatic heterocycles. The van der Waals surface area contributed by atoms with Crippen LogP contribution in [-0.4, -0.2) is 22.5 Å². The second-order valence-corrected chi connectivity index (χ2v) is 5.79. The van der Waals surface area contributed by atoms with Crippen LogP contribution in [0.3, 0.4) is 0 Å². The molecule has 0 unspecified atom stereocenters. The Morgan fingerprint density at radius 2 is 2.04 bits per heavy atom. The average Bonchev–Trinajstić information content (AvgIpc) is 2.93. The summed E-state index contributed by atoms with van der Waals surface area (Å²) in [5.74, 6) is -0.629. The number of rotatable bonds is 1. The number of hydrogen-bond acceptors (Lipinski definition) is 5. The second-order valence-electron chi connectivity index (χ2n) is 5.79. The van der Waals surface area contributed by atoms with Gasteiger partial charge in [0.25, 0.3) is 0 Å². The van der Waals surface area contributed by atoms with E-state index in [1.54, 1.807) is 11.9 Å². The van der Waals surface area contributed by atoms with Crippen molar-refractivity contribution in [3.05, 3.63) is 59.8 Å². The van der Waals surface area contributed by atoms with Gasteiger partial charge in [0.15, 0.2) is 0 Å². The van der Waals surface area contributed by atoms with Crippen LogP contribution in [0.25, 0.3) is 0 Å². The second kappa shape index (κ2) is 5.65. The van der Waals surface area contributed by atoms with Gasteiger partial charge in [-0.05, 0) is 31.2 Å². The molecule has 0 radical (unpaired) electrons. The molecule has 0 atom stereocenters. The molecule has 1 N–H and O–H groups in total. The predicted octanol–water partition coefficient (Wildman–Crippen LogP) is 2.40. The van der Waals surface area contributed by atoms with Crippen molar-refractivity contribution in [3.8, 4) is 0 Å². The third-order valence-corrected chi connectivity index (χ3v) is 4.06. The largest absolute Gasteiger partial charge is 0.820 e.